The van der Waals surface area contributed by atoms with Crippen molar-refractivity contribution in [3.63, 3.8) is 0 Å². The summed E-state index contributed by atoms with van der Waals surface area (Å²) in [5.41, 5.74) is 2.27. The van der Waals surface area contributed by atoms with Crippen molar-refractivity contribution in [2.75, 3.05) is 18.1 Å². The molecule has 2 aliphatic heterocycles. The Balaban J connectivity index is 1.64. The van der Waals surface area contributed by atoms with Crippen LogP contribution in [0.15, 0.2) is 35.0 Å². The maximum absolute atomic E-state index is 12.9. The highest BCUT2D eigenvalue weighted by Crippen LogP contribution is 2.46. The average Bonchev–Trinajstić information content (AvgIpc) is 3.35. The molecule has 1 amide bonds. The summed E-state index contributed by atoms with van der Waals surface area (Å²) in [7, 11) is 0. The van der Waals surface area contributed by atoms with Crippen molar-refractivity contribution in [1.29, 1.82) is 0 Å². The highest BCUT2D eigenvalue weighted by molar-refractivity contribution is 7.13. The number of ketones is 1. The van der Waals surface area contributed by atoms with Crippen LogP contribution in [0.2, 0.25) is 0 Å². The molecule has 3 heterocycles. The molecule has 2 aromatic rings. The van der Waals surface area contributed by atoms with E-state index in [-0.39, 0.29) is 17.3 Å². The molecular weight excluding hydrogens is 370 g/mol. The number of fused-ring (bicyclic) bond motifs is 1. The van der Waals surface area contributed by atoms with Crippen molar-refractivity contribution in [3.8, 4) is 11.5 Å². The zero-order valence-electron chi connectivity index (χ0n) is 14.1. The second kappa shape index (κ2) is 6.05. The Morgan fingerprint density at radius 1 is 1.22 bits per heavy atom. The Kier molecular flexibility index (Phi) is 3.64. The fourth-order valence-corrected chi connectivity index (χ4v) is 4.02. The fraction of sp³-hybridized carbons (Fsp3) is 0.333. The number of Topliss-reactive ketones (excluding diaryl/α,β-unsaturated/α-hetero) is 1. The molecule has 8 nitrogen and oxygen atoms in total. The van der Waals surface area contributed by atoms with Crippen LogP contribution in [-0.2, 0) is 9.59 Å². The topological polar surface area (TPSA) is 102 Å². The SMILES string of the molecule is O=C(C1=C(O)C(=O)N(c2nncs2)C1c1ccc2c(c1)OCCO2)C1CC1. The van der Waals surface area contributed by atoms with E-state index < -0.39 is 17.7 Å². The minimum Gasteiger partial charge on any atom is -0.503 e. The lowest BCUT2D eigenvalue weighted by Gasteiger charge is -2.26. The van der Waals surface area contributed by atoms with E-state index in [0.29, 0.717) is 35.4 Å². The van der Waals surface area contributed by atoms with Gasteiger partial charge in [0.2, 0.25) is 5.13 Å². The lowest BCUT2D eigenvalue weighted by molar-refractivity contribution is -0.118. The van der Waals surface area contributed by atoms with Gasteiger partial charge in [0, 0.05) is 5.92 Å². The molecule has 1 saturated carbocycles. The minimum atomic E-state index is -0.769. The van der Waals surface area contributed by atoms with Crippen LogP contribution in [0.5, 0.6) is 11.5 Å². The van der Waals surface area contributed by atoms with Gasteiger partial charge in [0.05, 0.1) is 11.6 Å². The third kappa shape index (κ3) is 2.57. The first-order valence-corrected chi connectivity index (χ1v) is 9.49. The molecule has 0 spiro atoms. The number of carbonyl (C=O) groups excluding carboxylic acids is 2. The maximum atomic E-state index is 12.9. The van der Waals surface area contributed by atoms with Crippen molar-refractivity contribution in [1.82, 2.24) is 10.2 Å². The van der Waals surface area contributed by atoms with Gasteiger partial charge in [-0.3, -0.25) is 14.5 Å². The Hall–Kier alpha value is -2.94. The molecule has 0 saturated heterocycles. The third-order valence-corrected chi connectivity index (χ3v) is 5.55. The number of aliphatic hydroxyl groups is 1. The molecule has 1 unspecified atom stereocenters. The predicted octanol–water partition coefficient (Wildman–Crippen LogP) is 2.19. The molecule has 1 aliphatic carbocycles. The molecule has 0 bridgehead atoms. The molecule has 27 heavy (non-hydrogen) atoms. The number of benzene rings is 1. The van der Waals surface area contributed by atoms with E-state index in [4.69, 9.17) is 9.47 Å². The number of aromatic nitrogens is 2. The molecule has 1 aromatic carbocycles. The van der Waals surface area contributed by atoms with Crippen molar-refractivity contribution in [2.45, 2.75) is 18.9 Å². The number of carbonyl (C=O) groups is 2. The van der Waals surface area contributed by atoms with E-state index in [1.165, 1.54) is 21.7 Å². The summed E-state index contributed by atoms with van der Waals surface area (Å²) in [5.74, 6) is -0.317. The Labute approximate surface area is 158 Å². The van der Waals surface area contributed by atoms with Gasteiger partial charge in [-0.2, -0.15) is 0 Å². The van der Waals surface area contributed by atoms with Gasteiger partial charge in [0.15, 0.2) is 23.0 Å². The summed E-state index contributed by atoms with van der Waals surface area (Å²) in [6.45, 7) is 0.895. The molecule has 0 radical (unpaired) electrons. The number of ether oxygens (including phenoxy) is 2. The second-order valence-corrected chi connectivity index (χ2v) is 7.41. The first-order chi connectivity index (χ1) is 13.1. The number of hydrogen-bond acceptors (Lipinski definition) is 8. The zero-order chi connectivity index (χ0) is 18.5. The molecule has 1 N–H and O–H groups in total. The molecule has 5 rings (SSSR count). The molecule has 1 fully saturated rings. The zero-order valence-corrected chi connectivity index (χ0v) is 14.9. The van der Waals surface area contributed by atoms with Gasteiger partial charge in [-0.15, -0.1) is 10.2 Å². The summed E-state index contributed by atoms with van der Waals surface area (Å²) in [6.07, 6.45) is 1.55. The predicted molar refractivity (Wildman–Crippen MR) is 95.0 cm³/mol. The Bertz CT molecular complexity index is 967. The summed E-state index contributed by atoms with van der Waals surface area (Å²) < 4.78 is 11.2. The van der Waals surface area contributed by atoms with Crippen LogP contribution < -0.4 is 14.4 Å². The molecular formula is C18H15N3O5S. The number of nitrogens with zero attached hydrogens (tertiary/aromatic N) is 3. The van der Waals surface area contributed by atoms with Gasteiger partial charge >= 0.3 is 0 Å². The first kappa shape index (κ1) is 16.2. The number of hydrogen-bond donors (Lipinski definition) is 1. The van der Waals surface area contributed by atoms with Crippen molar-refractivity contribution < 1.29 is 24.2 Å². The first-order valence-electron chi connectivity index (χ1n) is 8.62. The summed E-state index contributed by atoms with van der Waals surface area (Å²) in [6, 6.07) is 4.51. The number of amides is 1. The number of rotatable bonds is 4. The van der Waals surface area contributed by atoms with Crippen molar-refractivity contribution in [2.24, 2.45) is 5.92 Å². The van der Waals surface area contributed by atoms with E-state index >= 15 is 0 Å². The van der Waals surface area contributed by atoms with Gasteiger partial charge in [-0.1, -0.05) is 17.4 Å². The highest BCUT2D eigenvalue weighted by Gasteiger charge is 2.48. The molecule has 9 heteroatoms. The van der Waals surface area contributed by atoms with Crippen LogP contribution >= 0.6 is 11.3 Å². The summed E-state index contributed by atoms with van der Waals surface area (Å²) in [5, 5.41) is 18.6. The summed E-state index contributed by atoms with van der Waals surface area (Å²) >= 11 is 1.17. The number of anilines is 1. The Morgan fingerprint density at radius 3 is 2.70 bits per heavy atom. The van der Waals surface area contributed by atoms with Crippen molar-refractivity contribution >= 4 is 28.2 Å². The lowest BCUT2D eigenvalue weighted by Crippen LogP contribution is -2.31. The monoisotopic (exact) mass is 385 g/mol. The quantitative estimate of drug-likeness (QED) is 0.861. The van der Waals surface area contributed by atoms with Crippen LogP contribution in [0.1, 0.15) is 24.4 Å². The normalized spacial score (nSPS) is 21.7. The van der Waals surface area contributed by atoms with Crippen molar-refractivity contribution in [3.05, 3.63) is 40.6 Å². The average molecular weight is 385 g/mol. The maximum Gasteiger partial charge on any atom is 0.296 e. The fourth-order valence-electron chi connectivity index (χ4n) is 3.44. The van der Waals surface area contributed by atoms with E-state index in [1.54, 1.807) is 18.2 Å². The van der Waals surface area contributed by atoms with Gasteiger partial charge in [0.1, 0.15) is 18.7 Å². The standard InChI is InChI=1S/C18H15N3O5S/c22-15(9-1-2-9)13-14(10-3-4-11-12(7-10)26-6-5-25-11)21(17(24)16(13)23)18-20-19-8-27-18/h3-4,7-9,14,23H,1-2,5-6H2. The van der Waals surface area contributed by atoms with E-state index in [9.17, 15) is 14.7 Å². The van der Waals surface area contributed by atoms with E-state index in [1.807, 2.05) is 0 Å². The van der Waals surface area contributed by atoms with Gasteiger partial charge in [-0.25, -0.2) is 0 Å². The minimum absolute atomic E-state index is 0.120. The van der Waals surface area contributed by atoms with E-state index in [2.05, 4.69) is 10.2 Å². The molecule has 138 valence electrons. The van der Waals surface area contributed by atoms with Gasteiger partial charge in [-0.05, 0) is 30.5 Å². The lowest BCUT2D eigenvalue weighted by atomic mass is 9.94. The Morgan fingerprint density at radius 2 is 2.00 bits per heavy atom. The van der Waals surface area contributed by atoms with Crippen LogP contribution in [0.3, 0.4) is 0 Å². The molecule has 3 aliphatic rings. The van der Waals surface area contributed by atoms with Gasteiger partial charge in [0.25, 0.3) is 5.91 Å². The molecule has 1 atom stereocenters. The van der Waals surface area contributed by atoms with Crippen LogP contribution in [0.25, 0.3) is 0 Å². The number of aliphatic hydroxyl groups excluding tert-OH is 1. The smallest absolute Gasteiger partial charge is 0.296 e. The van der Waals surface area contributed by atoms with Crippen LogP contribution in [0, 0.1) is 5.92 Å². The molecule has 1 aromatic heterocycles. The van der Waals surface area contributed by atoms with E-state index in [0.717, 1.165) is 12.8 Å². The highest BCUT2D eigenvalue weighted by atomic mass is 32.1. The van der Waals surface area contributed by atoms with Crippen LogP contribution in [0.4, 0.5) is 5.13 Å². The third-order valence-electron chi connectivity index (χ3n) is 4.86. The largest absolute Gasteiger partial charge is 0.503 e. The second-order valence-electron chi connectivity index (χ2n) is 6.60. The van der Waals surface area contributed by atoms with Crippen LogP contribution in [-0.4, -0.2) is 40.2 Å². The van der Waals surface area contributed by atoms with Gasteiger partial charge < -0.3 is 14.6 Å². The summed E-state index contributed by atoms with van der Waals surface area (Å²) in [4.78, 5) is 27.0.